The molecule has 2 N–H and O–H groups in total. The van der Waals surface area contributed by atoms with Gasteiger partial charge in [-0.25, -0.2) is 4.79 Å². The minimum Gasteiger partial charge on any atom is -0.369 e. The van der Waals surface area contributed by atoms with Crippen molar-refractivity contribution in [2.45, 2.75) is 44.7 Å². The van der Waals surface area contributed by atoms with Crippen LogP contribution in [0.1, 0.15) is 44.1 Å². The van der Waals surface area contributed by atoms with Crippen molar-refractivity contribution in [2.24, 2.45) is 10.9 Å². The maximum Gasteiger partial charge on any atom is 0.321 e. The van der Waals surface area contributed by atoms with Gasteiger partial charge in [0.15, 0.2) is 0 Å². The van der Waals surface area contributed by atoms with Crippen LogP contribution < -0.4 is 20.4 Å². The quantitative estimate of drug-likeness (QED) is 0.610. The molecule has 3 aliphatic rings. The second kappa shape index (κ2) is 11.3. The van der Waals surface area contributed by atoms with Gasteiger partial charge in [0.1, 0.15) is 0 Å². The van der Waals surface area contributed by atoms with E-state index in [0.717, 1.165) is 74.5 Å². The molecule has 5 rings (SSSR count). The number of amides is 3. The number of urea groups is 1. The molecular formula is C29H38N6O2. The minimum absolute atomic E-state index is 0.239. The molecule has 3 amide bonds. The molecule has 37 heavy (non-hydrogen) atoms. The van der Waals surface area contributed by atoms with Gasteiger partial charge in [0, 0.05) is 56.1 Å². The monoisotopic (exact) mass is 502 g/mol. The lowest BCUT2D eigenvalue weighted by molar-refractivity contribution is -0.119. The second-order valence-electron chi connectivity index (χ2n) is 10.5. The number of anilines is 3. The molecule has 2 fully saturated rings. The molecule has 2 aliphatic heterocycles. The number of piperazine rings is 1. The number of likely N-dealkylation sites (N-methyl/N-ethyl adjacent to an activating group) is 2. The summed E-state index contributed by atoms with van der Waals surface area (Å²) in [4.78, 5) is 37.8. The molecule has 1 aliphatic carbocycles. The number of fused-ring (bicyclic) bond motifs is 1. The summed E-state index contributed by atoms with van der Waals surface area (Å²) in [5.41, 5.74) is 4.56. The highest BCUT2D eigenvalue weighted by atomic mass is 16.2. The topological polar surface area (TPSA) is 80.3 Å². The van der Waals surface area contributed by atoms with Crippen molar-refractivity contribution in [1.29, 1.82) is 0 Å². The van der Waals surface area contributed by atoms with Crippen molar-refractivity contribution in [1.82, 2.24) is 10.2 Å². The first kappa shape index (κ1) is 25.3. The fourth-order valence-corrected chi connectivity index (χ4v) is 5.66. The van der Waals surface area contributed by atoms with Gasteiger partial charge in [0.2, 0.25) is 6.17 Å². The lowest BCUT2D eigenvalue weighted by Gasteiger charge is -2.34. The van der Waals surface area contributed by atoms with Crippen molar-refractivity contribution in [2.75, 3.05) is 55.4 Å². The number of carbonyl (C=O) groups excluding carboxylic acids is 2. The third kappa shape index (κ3) is 5.80. The minimum atomic E-state index is -0.975. The summed E-state index contributed by atoms with van der Waals surface area (Å²) in [6, 6.07) is 15.4. The summed E-state index contributed by atoms with van der Waals surface area (Å²) in [5.74, 6) is 0.0491. The first-order valence-electron chi connectivity index (χ1n) is 13.6. The van der Waals surface area contributed by atoms with Gasteiger partial charge in [-0.05, 0) is 44.2 Å². The number of carbonyl (C=O) groups is 2. The zero-order valence-electron chi connectivity index (χ0n) is 21.9. The number of nitrogens with zero attached hydrogens (tertiary/aromatic N) is 4. The molecule has 0 radical (unpaired) electrons. The van der Waals surface area contributed by atoms with Crippen molar-refractivity contribution < 1.29 is 9.59 Å². The van der Waals surface area contributed by atoms with Crippen LogP contribution >= 0.6 is 0 Å². The van der Waals surface area contributed by atoms with Crippen LogP contribution in [0.4, 0.5) is 21.9 Å². The van der Waals surface area contributed by atoms with Crippen molar-refractivity contribution in [3.05, 3.63) is 54.1 Å². The van der Waals surface area contributed by atoms with Crippen molar-refractivity contribution in [3.8, 4) is 0 Å². The Morgan fingerprint density at radius 3 is 2.41 bits per heavy atom. The Morgan fingerprint density at radius 1 is 0.919 bits per heavy atom. The lowest BCUT2D eigenvalue weighted by Crippen LogP contribution is -2.47. The van der Waals surface area contributed by atoms with Crippen LogP contribution in [0.2, 0.25) is 0 Å². The number of para-hydroxylation sites is 1. The van der Waals surface area contributed by atoms with E-state index in [0.29, 0.717) is 5.69 Å². The number of aliphatic imine (C=N–C) groups is 1. The Bertz CT molecular complexity index is 1150. The average molecular weight is 503 g/mol. The Hall–Kier alpha value is -3.39. The zero-order chi connectivity index (χ0) is 25.8. The first-order valence-corrected chi connectivity index (χ1v) is 13.6. The summed E-state index contributed by atoms with van der Waals surface area (Å²) in [5, 5.41) is 5.79. The van der Waals surface area contributed by atoms with Crippen LogP contribution in [0.15, 0.2) is 53.5 Å². The van der Waals surface area contributed by atoms with Crippen molar-refractivity contribution >= 4 is 34.7 Å². The van der Waals surface area contributed by atoms with Gasteiger partial charge in [-0.15, -0.1) is 0 Å². The molecule has 0 spiro atoms. The standard InChI is InChI=1S/C29H38N6O2/c1-33-16-18-35(19-17-33)23-13-9-12-22(20-23)30-29(37)32-27-28(36)34(2)25-15-8-7-14-24(25)26(31-27)21-10-5-3-4-6-11-21/h7-9,12-15,20-21,27H,3-6,10-11,16-19H2,1-2H3,(H2,30,32,37)/t27-/m0/s1. The van der Waals surface area contributed by atoms with Gasteiger partial charge in [-0.1, -0.05) is 49.9 Å². The number of nitrogens with one attached hydrogen (secondary N) is 2. The predicted molar refractivity (Wildman–Crippen MR) is 150 cm³/mol. The molecule has 8 heteroatoms. The molecule has 0 unspecified atom stereocenters. The average Bonchev–Trinajstić information content (AvgIpc) is 3.24. The largest absolute Gasteiger partial charge is 0.369 e. The molecular weight excluding hydrogens is 464 g/mol. The van der Waals surface area contributed by atoms with Crippen LogP contribution in [-0.2, 0) is 4.79 Å². The smallest absolute Gasteiger partial charge is 0.321 e. The van der Waals surface area contributed by atoms with E-state index in [2.05, 4.69) is 39.6 Å². The Labute approximate surface area is 219 Å². The highest BCUT2D eigenvalue weighted by Gasteiger charge is 2.33. The Kier molecular flexibility index (Phi) is 7.74. The summed E-state index contributed by atoms with van der Waals surface area (Å²) >= 11 is 0. The molecule has 8 nitrogen and oxygen atoms in total. The maximum absolute atomic E-state index is 13.4. The van der Waals surface area contributed by atoms with Gasteiger partial charge in [0.25, 0.3) is 5.91 Å². The molecule has 2 aromatic rings. The molecule has 2 heterocycles. The third-order valence-corrected chi connectivity index (χ3v) is 7.86. The van der Waals surface area contributed by atoms with Crippen LogP contribution in [0.25, 0.3) is 0 Å². The van der Waals surface area contributed by atoms with E-state index < -0.39 is 12.2 Å². The van der Waals surface area contributed by atoms with Crippen molar-refractivity contribution in [3.63, 3.8) is 0 Å². The van der Waals surface area contributed by atoms with Gasteiger partial charge < -0.3 is 25.3 Å². The summed E-state index contributed by atoms with van der Waals surface area (Å²) in [6.07, 6.45) is 5.95. The number of benzene rings is 2. The van der Waals surface area contributed by atoms with Gasteiger partial charge in [0.05, 0.1) is 11.4 Å². The van der Waals surface area contributed by atoms with Crippen LogP contribution in [-0.4, -0.2) is 69.0 Å². The van der Waals surface area contributed by atoms with E-state index >= 15 is 0 Å². The number of benzodiazepines with no additional fused rings is 1. The highest BCUT2D eigenvalue weighted by molar-refractivity contribution is 6.14. The Balaban J connectivity index is 1.35. The van der Waals surface area contributed by atoms with E-state index in [4.69, 9.17) is 4.99 Å². The number of hydrogen-bond donors (Lipinski definition) is 2. The van der Waals surface area contributed by atoms with Crippen LogP contribution in [0, 0.1) is 5.92 Å². The van der Waals surface area contributed by atoms with Gasteiger partial charge in [-0.2, -0.15) is 0 Å². The molecule has 2 aromatic carbocycles. The van der Waals surface area contributed by atoms with E-state index in [9.17, 15) is 9.59 Å². The van der Waals surface area contributed by atoms with Crippen LogP contribution in [0.3, 0.4) is 0 Å². The second-order valence-corrected chi connectivity index (χ2v) is 10.5. The molecule has 0 aromatic heterocycles. The molecule has 0 bridgehead atoms. The fourth-order valence-electron chi connectivity index (χ4n) is 5.66. The van der Waals surface area contributed by atoms with E-state index in [1.165, 1.54) is 12.8 Å². The lowest BCUT2D eigenvalue weighted by atomic mass is 9.89. The van der Waals surface area contributed by atoms with Gasteiger partial charge in [-0.3, -0.25) is 9.79 Å². The summed E-state index contributed by atoms with van der Waals surface area (Å²) in [6.45, 7) is 3.93. The molecule has 1 atom stereocenters. The van der Waals surface area contributed by atoms with Crippen LogP contribution in [0.5, 0.6) is 0 Å². The first-order chi connectivity index (χ1) is 18.0. The molecule has 196 valence electrons. The zero-order valence-corrected chi connectivity index (χ0v) is 21.9. The fraction of sp³-hybridized carbons (Fsp3) is 0.483. The number of hydrogen-bond acceptors (Lipinski definition) is 5. The normalized spacial score (nSPS) is 21.5. The summed E-state index contributed by atoms with van der Waals surface area (Å²) < 4.78 is 0. The van der Waals surface area contributed by atoms with E-state index in [-0.39, 0.29) is 11.8 Å². The van der Waals surface area contributed by atoms with E-state index in [1.807, 2.05) is 36.4 Å². The molecule has 1 saturated heterocycles. The van der Waals surface area contributed by atoms with Gasteiger partial charge >= 0.3 is 6.03 Å². The van der Waals surface area contributed by atoms with E-state index in [1.54, 1.807) is 11.9 Å². The highest BCUT2D eigenvalue weighted by Crippen LogP contribution is 2.33. The number of rotatable bonds is 4. The predicted octanol–water partition coefficient (Wildman–Crippen LogP) is 4.32. The maximum atomic E-state index is 13.4. The SMILES string of the molecule is CN1CCN(c2cccc(NC(=O)N[C@@H]3N=C(C4CCCCCC4)c4ccccc4N(C)C3=O)c2)CC1. The summed E-state index contributed by atoms with van der Waals surface area (Å²) in [7, 11) is 3.90. The Morgan fingerprint density at radius 2 is 1.65 bits per heavy atom. The molecule has 1 saturated carbocycles. The third-order valence-electron chi connectivity index (χ3n) is 7.86.